The van der Waals surface area contributed by atoms with E-state index in [0.29, 0.717) is 12.0 Å². The van der Waals surface area contributed by atoms with Crippen molar-refractivity contribution in [1.82, 2.24) is 0 Å². The molecule has 1 atom stereocenters. The summed E-state index contributed by atoms with van der Waals surface area (Å²) in [6.45, 7) is 2.04. The minimum absolute atomic E-state index is 0.0530. The number of hydrogen-bond acceptors (Lipinski definition) is 2. The Bertz CT molecular complexity index is 395. The number of nitrogens with two attached hydrogens (primary N) is 1. The highest BCUT2D eigenvalue weighted by Gasteiger charge is 2.11. The van der Waals surface area contributed by atoms with Crippen LogP contribution in [0.4, 0.5) is 4.39 Å². The summed E-state index contributed by atoms with van der Waals surface area (Å²) < 4.78 is 13.8. The predicted molar refractivity (Wildman–Crippen MR) is 70.3 cm³/mol. The van der Waals surface area contributed by atoms with Gasteiger partial charge in [-0.15, -0.1) is 0 Å². The zero-order valence-electron chi connectivity index (χ0n) is 9.88. The van der Waals surface area contributed by atoms with E-state index in [0.717, 1.165) is 17.3 Å². The quantitative estimate of drug-likeness (QED) is 0.877. The lowest BCUT2D eigenvalue weighted by atomic mass is 10.0. The Labute approximate surface area is 110 Å². The summed E-state index contributed by atoms with van der Waals surface area (Å²) in [6.07, 6.45) is 2.40. The van der Waals surface area contributed by atoms with E-state index in [1.54, 1.807) is 6.07 Å². The van der Waals surface area contributed by atoms with E-state index < -0.39 is 0 Å². The molecule has 0 radical (unpaired) electrons. The second kappa shape index (κ2) is 6.87. The lowest BCUT2D eigenvalue weighted by molar-refractivity contribution is -0.118. The number of carbonyl (C=O) groups excluding carboxylic acids is 1. The third kappa shape index (κ3) is 4.96. The van der Waals surface area contributed by atoms with Gasteiger partial charge in [0.2, 0.25) is 0 Å². The standard InChI is InChI=1S/C13H17BrFNO/c1-2-3-11(16)8-12(17)7-9-6-10(15)4-5-13(9)14/h4-6,11H,2-3,7-8,16H2,1H3. The van der Waals surface area contributed by atoms with Gasteiger partial charge in [0, 0.05) is 23.4 Å². The van der Waals surface area contributed by atoms with Gasteiger partial charge in [-0.2, -0.15) is 0 Å². The second-order valence-electron chi connectivity index (χ2n) is 4.20. The summed E-state index contributed by atoms with van der Waals surface area (Å²) in [5.41, 5.74) is 6.48. The first-order chi connectivity index (χ1) is 8.02. The smallest absolute Gasteiger partial charge is 0.138 e. The van der Waals surface area contributed by atoms with Crippen molar-refractivity contribution < 1.29 is 9.18 Å². The molecular formula is C13H17BrFNO. The van der Waals surface area contributed by atoms with Gasteiger partial charge in [0.1, 0.15) is 11.6 Å². The van der Waals surface area contributed by atoms with Gasteiger partial charge in [0.05, 0.1) is 0 Å². The fourth-order valence-electron chi connectivity index (χ4n) is 1.73. The molecular weight excluding hydrogens is 285 g/mol. The molecule has 17 heavy (non-hydrogen) atoms. The zero-order valence-corrected chi connectivity index (χ0v) is 11.5. The molecule has 94 valence electrons. The molecule has 4 heteroatoms. The van der Waals surface area contributed by atoms with Crippen LogP contribution in [0, 0.1) is 5.82 Å². The van der Waals surface area contributed by atoms with E-state index in [-0.39, 0.29) is 24.1 Å². The Morgan fingerprint density at radius 1 is 1.53 bits per heavy atom. The molecule has 0 heterocycles. The minimum Gasteiger partial charge on any atom is -0.327 e. The van der Waals surface area contributed by atoms with Crippen molar-refractivity contribution in [3.8, 4) is 0 Å². The average molecular weight is 302 g/mol. The van der Waals surface area contributed by atoms with Gasteiger partial charge in [0.25, 0.3) is 0 Å². The molecule has 0 aliphatic carbocycles. The van der Waals surface area contributed by atoms with Crippen LogP contribution in [0.3, 0.4) is 0 Å². The SMILES string of the molecule is CCCC(N)CC(=O)Cc1cc(F)ccc1Br. The van der Waals surface area contributed by atoms with Crippen LogP contribution in [0.1, 0.15) is 31.7 Å². The first-order valence-electron chi connectivity index (χ1n) is 5.74. The molecule has 0 saturated heterocycles. The van der Waals surface area contributed by atoms with Gasteiger partial charge < -0.3 is 5.73 Å². The van der Waals surface area contributed by atoms with Gasteiger partial charge in [0.15, 0.2) is 0 Å². The van der Waals surface area contributed by atoms with E-state index in [2.05, 4.69) is 15.9 Å². The molecule has 1 aromatic carbocycles. The summed E-state index contributed by atoms with van der Waals surface area (Å²) in [5, 5.41) is 0. The Balaban J connectivity index is 2.58. The van der Waals surface area contributed by atoms with Crippen molar-refractivity contribution in [2.45, 2.75) is 38.6 Å². The lowest BCUT2D eigenvalue weighted by Crippen LogP contribution is -2.24. The van der Waals surface area contributed by atoms with Gasteiger partial charge in [-0.3, -0.25) is 4.79 Å². The highest BCUT2D eigenvalue weighted by atomic mass is 79.9. The molecule has 1 aromatic rings. The first-order valence-corrected chi connectivity index (χ1v) is 6.53. The Kier molecular flexibility index (Phi) is 5.78. The molecule has 0 spiro atoms. The third-order valence-corrected chi connectivity index (χ3v) is 3.32. The van der Waals surface area contributed by atoms with Crippen LogP contribution in [-0.2, 0) is 11.2 Å². The third-order valence-electron chi connectivity index (χ3n) is 2.54. The van der Waals surface area contributed by atoms with E-state index in [1.807, 2.05) is 6.92 Å². The maximum absolute atomic E-state index is 13.0. The van der Waals surface area contributed by atoms with Crippen molar-refractivity contribution in [3.05, 3.63) is 34.1 Å². The summed E-state index contributed by atoms with van der Waals surface area (Å²) in [7, 11) is 0. The summed E-state index contributed by atoms with van der Waals surface area (Å²) in [5.74, 6) is -0.272. The largest absolute Gasteiger partial charge is 0.327 e. The molecule has 0 amide bonds. The number of hydrogen-bond donors (Lipinski definition) is 1. The van der Waals surface area contributed by atoms with Crippen LogP contribution in [0.2, 0.25) is 0 Å². The molecule has 1 unspecified atom stereocenters. The average Bonchev–Trinajstić information content (AvgIpc) is 2.23. The monoisotopic (exact) mass is 301 g/mol. The van der Waals surface area contributed by atoms with E-state index in [9.17, 15) is 9.18 Å². The molecule has 0 saturated carbocycles. The number of halogens is 2. The van der Waals surface area contributed by atoms with Gasteiger partial charge >= 0.3 is 0 Å². The molecule has 0 aromatic heterocycles. The Morgan fingerprint density at radius 2 is 2.24 bits per heavy atom. The van der Waals surface area contributed by atoms with E-state index in [1.165, 1.54) is 12.1 Å². The highest BCUT2D eigenvalue weighted by Crippen LogP contribution is 2.19. The van der Waals surface area contributed by atoms with Crippen LogP contribution < -0.4 is 5.73 Å². The first kappa shape index (κ1) is 14.3. The molecule has 0 aliphatic heterocycles. The molecule has 1 rings (SSSR count). The van der Waals surface area contributed by atoms with Crippen molar-refractivity contribution in [2.75, 3.05) is 0 Å². The fraction of sp³-hybridized carbons (Fsp3) is 0.462. The van der Waals surface area contributed by atoms with Gasteiger partial charge in [-0.25, -0.2) is 4.39 Å². The number of carbonyl (C=O) groups is 1. The maximum atomic E-state index is 13.0. The molecule has 0 fully saturated rings. The zero-order chi connectivity index (χ0) is 12.8. The molecule has 0 bridgehead atoms. The molecule has 0 aliphatic rings. The topological polar surface area (TPSA) is 43.1 Å². The van der Waals surface area contributed by atoms with Crippen molar-refractivity contribution in [3.63, 3.8) is 0 Å². The van der Waals surface area contributed by atoms with Crippen LogP contribution in [0.5, 0.6) is 0 Å². The number of benzene rings is 1. The summed E-state index contributed by atoms with van der Waals surface area (Å²) >= 11 is 3.31. The normalized spacial score (nSPS) is 12.5. The van der Waals surface area contributed by atoms with Crippen molar-refractivity contribution in [1.29, 1.82) is 0 Å². The summed E-state index contributed by atoms with van der Waals surface area (Å²) in [4.78, 5) is 11.7. The number of rotatable bonds is 6. The van der Waals surface area contributed by atoms with Crippen LogP contribution >= 0.6 is 15.9 Å². The van der Waals surface area contributed by atoms with Crippen LogP contribution in [0.25, 0.3) is 0 Å². The number of ketones is 1. The second-order valence-corrected chi connectivity index (χ2v) is 5.06. The van der Waals surface area contributed by atoms with E-state index in [4.69, 9.17) is 5.73 Å². The van der Waals surface area contributed by atoms with Crippen LogP contribution in [0.15, 0.2) is 22.7 Å². The van der Waals surface area contributed by atoms with Crippen molar-refractivity contribution >= 4 is 21.7 Å². The molecule has 2 nitrogen and oxygen atoms in total. The van der Waals surface area contributed by atoms with Gasteiger partial charge in [-0.05, 0) is 30.2 Å². The number of Topliss-reactive ketones (excluding diaryl/α,β-unsaturated/α-hetero) is 1. The lowest BCUT2D eigenvalue weighted by Gasteiger charge is -2.09. The maximum Gasteiger partial charge on any atom is 0.138 e. The molecule has 2 N–H and O–H groups in total. The van der Waals surface area contributed by atoms with Gasteiger partial charge in [-0.1, -0.05) is 29.3 Å². The van der Waals surface area contributed by atoms with Crippen LogP contribution in [-0.4, -0.2) is 11.8 Å². The Hall–Kier alpha value is -0.740. The summed E-state index contributed by atoms with van der Waals surface area (Å²) in [6, 6.07) is 4.28. The predicted octanol–water partition coefficient (Wildman–Crippen LogP) is 3.22. The van der Waals surface area contributed by atoms with E-state index >= 15 is 0 Å². The highest BCUT2D eigenvalue weighted by molar-refractivity contribution is 9.10. The fourth-order valence-corrected chi connectivity index (χ4v) is 2.12. The Morgan fingerprint density at radius 3 is 2.88 bits per heavy atom. The minimum atomic E-state index is -0.325. The van der Waals surface area contributed by atoms with Crippen molar-refractivity contribution in [2.24, 2.45) is 5.73 Å².